The summed E-state index contributed by atoms with van der Waals surface area (Å²) in [7, 11) is 0. The number of hydrogen-bond donors (Lipinski definition) is 2. The monoisotopic (exact) mass is 313 g/mol. The van der Waals surface area contributed by atoms with Crippen LogP contribution in [-0.4, -0.2) is 24.2 Å². The summed E-state index contributed by atoms with van der Waals surface area (Å²) < 4.78 is 0. The third-order valence-corrected chi connectivity index (χ3v) is 5.04. The quantitative estimate of drug-likeness (QED) is 0.809. The molecule has 3 nitrogen and oxygen atoms in total. The molecule has 0 aromatic heterocycles. The predicted octanol–water partition coefficient (Wildman–Crippen LogP) is 3.54. The maximum atomic E-state index is 12.7. The Labute approximate surface area is 138 Å². The van der Waals surface area contributed by atoms with Crippen molar-refractivity contribution >= 4 is 11.5 Å². The molecule has 124 valence electrons. The number of nitrogens with one attached hydrogen (secondary N) is 1. The number of aliphatic hydroxyl groups is 1. The fraction of sp³-hybridized carbons (Fsp3) is 0.550. The number of amides is 1. The lowest BCUT2D eigenvalue weighted by molar-refractivity contribution is -0.117. The Morgan fingerprint density at radius 3 is 2.61 bits per heavy atom. The van der Waals surface area contributed by atoms with Gasteiger partial charge in [0, 0.05) is 18.7 Å². The van der Waals surface area contributed by atoms with Crippen molar-refractivity contribution in [2.45, 2.75) is 44.9 Å². The molecule has 1 amide bonds. The first kappa shape index (κ1) is 16.3. The first-order valence-corrected chi connectivity index (χ1v) is 8.94. The molecule has 2 aliphatic carbocycles. The average Bonchev–Trinajstić information content (AvgIpc) is 3.43. The molecule has 0 saturated heterocycles. The van der Waals surface area contributed by atoms with Crippen molar-refractivity contribution in [2.75, 3.05) is 13.2 Å². The van der Waals surface area contributed by atoms with Crippen molar-refractivity contribution < 1.29 is 9.90 Å². The van der Waals surface area contributed by atoms with Gasteiger partial charge < -0.3 is 10.4 Å². The van der Waals surface area contributed by atoms with Crippen LogP contribution in [0.4, 0.5) is 0 Å². The maximum absolute atomic E-state index is 12.7. The molecule has 1 aromatic carbocycles. The van der Waals surface area contributed by atoms with Crippen LogP contribution in [0.25, 0.3) is 5.57 Å². The molecule has 23 heavy (non-hydrogen) atoms. The summed E-state index contributed by atoms with van der Waals surface area (Å²) in [5.74, 6) is 1.05. The summed E-state index contributed by atoms with van der Waals surface area (Å²) in [6.45, 7) is 0.763. The molecular formula is C20H27NO2. The maximum Gasteiger partial charge on any atom is 0.247 e. The molecule has 2 N–H and O–H groups in total. The number of benzene rings is 1. The number of rotatable bonds is 7. The van der Waals surface area contributed by atoms with Crippen LogP contribution < -0.4 is 5.32 Å². The molecule has 0 heterocycles. The van der Waals surface area contributed by atoms with Gasteiger partial charge in [0.2, 0.25) is 5.91 Å². The van der Waals surface area contributed by atoms with E-state index in [-0.39, 0.29) is 18.4 Å². The van der Waals surface area contributed by atoms with Crippen LogP contribution in [0.2, 0.25) is 0 Å². The molecule has 1 saturated carbocycles. The average molecular weight is 313 g/mol. The Morgan fingerprint density at radius 1 is 1.17 bits per heavy atom. The van der Waals surface area contributed by atoms with Crippen LogP contribution in [0.3, 0.4) is 0 Å². The van der Waals surface area contributed by atoms with E-state index in [2.05, 4.69) is 17.4 Å². The molecule has 2 aliphatic rings. The minimum atomic E-state index is 0.0674. The van der Waals surface area contributed by atoms with Gasteiger partial charge in [0.05, 0.1) is 0 Å². The Kier molecular flexibility index (Phi) is 5.50. The van der Waals surface area contributed by atoms with Crippen LogP contribution in [0, 0.1) is 11.8 Å². The summed E-state index contributed by atoms with van der Waals surface area (Å²) in [6, 6.07) is 10.3. The Bertz CT molecular complexity index is 560. The second kappa shape index (κ2) is 7.78. The highest BCUT2D eigenvalue weighted by Gasteiger charge is 2.26. The van der Waals surface area contributed by atoms with Crippen LogP contribution in [-0.2, 0) is 4.79 Å². The van der Waals surface area contributed by atoms with E-state index in [4.69, 9.17) is 0 Å². The third-order valence-electron chi connectivity index (χ3n) is 5.04. The highest BCUT2D eigenvalue weighted by Crippen LogP contribution is 2.35. The standard InChI is InChI=1S/C20H27NO2/c22-14-16(12-15-10-11-15)13-21-20(23)19-9-5-4-8-18(19)17-6-2-1-3-7-17/h1-3,6-7,15-16,22H,4-5,8-14H2,(H,21,23). The zero-order valence-corrected chi connectivity index (χ0v) is 13.8. The van der Waals surface area contributed by atoms with Crippen LogP contribution in [0.15, 0.2) is 35.9 Å². The fourth-order valence-electron chi connectivity index (χ4n) is 3.50. The van der Waals surface area contributed by atoms with E-state index in [0.29, 0.717) is 6.54 Å². The van der Waals surface area contributed by atoms with E-state index in [1.807, 2.05) is 18.2 Å². The molecule has 0 radical (unpaired) electrons. The van der Waals surface area contributed by atoms with Gasteiger partial charge in [0.1, 0.15) is 0 Å². The van der Waals surface area contributed by atoms with Crippen LogP contribution in [0.5, 0.6) is 0 Å². The third kappa shape index (κ3) is 4.44. The zero-order valence-electron chi connectivity index (χ0n) is 13.8. The van der Waals surface area contributed by atoms with E-state index >= 15 is 0 Å². The van der Waals surface area contributed by atoms with Crippen LogP contribution in [0.1, 0.15) is 50.5 Å². The smallest absolute Gasteiger partial charge is 0.247 e. The highest BCUT2D eigenvalue weighted by atomic mass is 16.3. The van der Waals surface area contributed by atoms with Gasteiger partial charge in [0.25, 0.3) is 0 Å². The number of aliphatic hydroxyl groups excluding tert-OH is 1. The van der Waals surface area contributed by atoms with Crippen molar-refractivity contribution in [3.63, 3.8) is 0 Å². The Balaban J connectivity index is 1.66. The van der Waals surface area contributed by atoms with Gasteiger partial charge in [-0.15, -0.1) is 0 Å². The summed E-state index contributed by atoms with van der Waals surface area (Å²) in [6.07, 6.45) is 7.70. The van der Waals surface area contributed by atoms with Gasteiger partial charge in [-0.3, -0.25) is 4.79 Å². The summed E-state index contributed by atoms with van der Waals surface area (Å²) in [4.78, 5) is 12.7. The molecule has 0 bridgehead atoms. The summed E-state index contributed by atoms with van der Waals surface area (Å²) in [5.41, 5.74) is 3.33. The van der Waals surface area contributed by atoms with Crippen LogP contribution >= 0.6 is 0 Å². The lowest BCUT2D eigenvalue weighted by Gasteiger charge is -2.21. The summed E-state index contributed by atoms with van der Waals surface area (Å²) >= 11 is 0. The van der Waals surface area contributed by atoms with E-state index in [1.165, 1.54) is 24.0 Å². The van der Waals surface area contributed by atoms with Crippen molar-refractivity contribution in [3.05, 3.63) is 41.5 Å². The lowest BCUT2D eigenvalue weighted by Crippen LogP contribution is -2.33. The van der Waals surface area contributed by atoms with Crippen molar-refractivity contribution in [2.24, 2.45) is 11.8 Å². The number of carbonyl (C=O) groups excluding carboxylic acids is 1. The molecule has 3 heteroatoms. The predicted molar refractivity (Wildman–Crippen MR) is 92.8 cm³/mol. The fourth-order valence-corrected chi connectivity index (χ4v) is 3.50. The molecule has 0 spiro atoms. The minimum absolute atomic E-state index is 0.0674. The zero-order chi connectivity index (χ0) is 16.1. The Morgan fingerprint density at radius 2 is 1.91 bits per heavy atom. The van der Waals surface area contributed by atoms with Gasteiger partial charge in [-0.25, -0.2) is 0 Å². The SMILES string of the molecule is O=C(NCC(CO)CC1CC1)C1=C(c2ccccc2)CCCC1. The number of carbonyl (C=O) groups is 1. The molecule has 3 rings (SSSR count). The normalized spacial score (nSPS) is 19.5. The first-order chi connectivity index (χ1) is 11.3. The van der Waals surface area contributed by atoms with Crippen molar-refractivity contribution in [1.82, 2.24) is 5.32 Å². The minimum Gasteiger partial charge on any atom is -0.396 e. The molecule has 1 atom stereocenters. The molecule has 1 fully saturated rings. The summed E-state index contributed by atoms with van der Waals surface area (Å²) in [5, 5.41) is 12.6. The molecule has 1 aromatic rings. The van der Waals surface area contributed by atoms with Gasteiger partial charge >= 0.3 is 0 Å². The van der Waals surface area contributed by atoms with E-state index < -0.39 is 0 Å². The first-order valence-electron chi connectivity index (χ1n) is 8.94. The lowest BCUT2D eigenvalue weighted by atomic mass is 9.87. The van der Waals surface area contributed by atoms with Gasteiger partial charge in [-0.2, -0.15) is 0 Å². The van der Waals surface area contributed by atoms with Crippen molar-refractivity contribution in [3.8, 4) is 0 Å². The topological polar surface area (TPSA) is 49.3 Å². The van der Waals surface area contributed by atoms with E-state index in [1.54, 1.807) is 0 Å². The highest BCUT2D eigenvalue weighted by molar-refractivity contribution is 6.01. The molecule has 0 aliphatic heterocycles. The second-order valence-electron chi connectivity index (χ2n) is 6.97. The second-order valence-corrected chi connectivity index (χ2v) is 6.97. The largest absolute Gasteiger partial charge is 0.396 e. The van der Waals surface area contributed by atoms with Gasteiger partial charge in [-0.05, 0) is 55.1 Å². The number of hydrogen-bond acceptors (Lipinski definition) is 2. The van der Waals surface area contributed by atoms with Gasteiger partial charge in [0.15, 0.2) is 0 Å². The molecule has 1 unspecified atom stereocenters. The molecular weight excluding hydrogens is 286 g/mol. The van der Waals surface area contributed by atoms with E-state index in [9.17, 15) is 9.90 Å². The van der Waals surface area contributed by atoms with Crippen molar-refractivity contribution in [1.29, 1.82) is 0 Å². The van der Waals surface area contributed by atoms with E-state index in [0.717, 1.165) is 43.6 Å². The Hall–Kier alpha value is -1.61. The van der Waals surface area contributed by atoms with Gasteiger partial charge in [-0.1, -0.05) is 43.2 Å². The number of allylic oxidation sites excluding steroid dienone is 1.